The van der Waals surface area contributed by atoms with Crippen molar-refractivity contribution < 1.29 is 22.8 Å². The SMILES string of the molecule is C[C@H](C(=O)Nc1ccc(C(N)=O)cc1)N1CCN(c2ncc(C(F)(F)F)cc2Cl)CC1. The maximum absolute atomic E-state index is 12.8. The summed E-state index contributed by atoms with van der Waals surface area (Å²) in [5.74, 6) is -0.473. The molecule has 2 aromatic rings. The molecule has 166 valence electrons. The van der Waals surface area contributed by atoms with Crippen molar-refractivity contribution in [3.05, 3.63) is 52.7 Å². The summed E-state index contributed by atoms with van der Waals surface area (Å²) in [6.07, 6.45) is -3.73. The molecule has 11 heteroatoms. The van der Waals surface area contributed by atoms with Crippen LogP contribution in [0.25, 0.3) is 0 Å². The summed E-state index contributed by atoms with van der Waals surface area (Å²) >= 11 is 6.03. The number of anilines is 2. The highest BCUT2D eigenvalue weighted by Gasteiger charge is 2.33. The number of halogens is 4. The number of carbonyl (C=O) groups excluding carboxylic acids is 2. The molecule has 2 amide bonds. The van der Waals surface area contributed by atoms with Crippen LogP contribution in [0.2, 0.25) is 5.02 Å². The Hall–Kier alpha value is -2.85. The molecule has 0 unspecified atom stereocenters. The first-order chi connectivity index (χ1) is 14.6. The molecule has 0 bridgehead atoms. The number of nitrogens with zero attached hydrogens (tertiary/aromatic N) is 3. The van der Waals surface area contributed by atoms with Crippen LogP contribution in [0.1, 0.15) is 22.8 Å². The number of rotatable bonds is 5. The van der Waals surface area contributed by atoms with Gasteiger partial charge >= 0.3 is 6.18 Å². The van der Waals surface area contributed by atoms with Crippen molar-refractivity contribution in [3.63, 3.8) is 0 Å². The Morgan fingerprint density at radius 1 is 1.16 bits per heavy atom. The molecule has 0 radical (unpaired) electrons. The smallest absolute Gasteiger partial charge is 0.366 e. The van der Waals surface area contributed by atoms with Crippen LogP contribution in [0, 0.1) is 0 Å². The third-order valence-electron chi connectivity index (χ3n) is 5.13. The van der Waals surface area contributed by atoms with Crippen LogP contribution in [0.3, 0.4) is 0 Å². The van der Waals surface area contributed by atoms with Crippen molar-refractivity contribution in [2.24, 2.45) is 5.73 Å². The summed E-state index contributed by atoms with van der Waals surface area (Å²) in [6, 6.07) is 6.69. The molecule has 1 aromatic heterocycles. The van der Waals surface area contributed by atoms with Gasteiger partial charge in [-0.15, -0.1) is 0 Å². The van der Waals surface area contributed by atoms with Crippen molar-refractivity contribution in [1.29, 1.82) is 0 Å². The van der Waals surface area contributed by atoms with E-state index in [0.717, 1.165) is 12.3 Å². The Balaban J connectivity index is 1.57. The number of aromatic nitrogens is 1. The molecule has 1 aromatic carbocycles. The Bertz CT molecular complexity index is 960. The van der Waals surface area contributed by atoms with Gasteiger partial charge in [0.05, 0.1) is 16.6 Å². The van der Waals surface area contributed by atoms with E-state index in [1.807, 2.05) is 4.90 Å². The van der Waals surface area contributed by atoms with Gasteiger partial charge in [-0.2, -0.15) is 13.2 Å². The van der Waals surface area contributed by atoms with Crippen molar-refractivity contribution in [3.8, 4) is 0 Å². The van der Waals surface area contributed by atoms with Gasteiger partial charge in [0.25, 0.3) is 0 Å². The van der Waals surface area contributed by atoms with Crippen molar-refractivity contribution in [2.75, 3.05) is 36.4 Å². The van der Waals surface area contributed by atoms with Gasteiger partial charge in [-0.25, -0.2) is 4.98 Å². The van der Waals surface area contributed by atoms with Gasteiger partial charge in [-0.3, -0.25) is 14.5 Å². The van der Waals surface area contributed by atoms with E-state index in [1.165, 1.54) is 12.1 Å². The summed E-state index contributed by atoms with van der Waals surface area (Å²) in [6.45, 7) is 3.71. The fourth-order valence-corrected chi connectivity index (χ4v) is 3.56. The third-order valence-corrected chi connectivity index (χ3v) is 5.41. The Kier molecular flexibility index (Phi) is 6.71. The Morgan fingerprint density at radius 2 is 1.77 bits per heavy atom. The zero-order valence-electron chi connectivity index (χ0n) is 16.6. The number of primary amides is 1. The van der Waals surface area contributed by atoms with E-state index in [4.69, 9.17) is 17.3 Å². The Morgan fingerprint density at radius 3 is 2.29 bits per heavy atom. The van der Waals surface area contributed by atoms with Gasteiger partial charge in [0, 0.05) is 43.6 Å². The second-order valence-electron chi connectivity index (χ2n) is 7.16. The highest BCUT2D eigenvalue weighted by atomic mass is 35.5. The molecular formula is C20H21ClF3N5O2. The normalized spacial score (nSPS) is 16.1. The van der Waals surface area contributed by atoms with E-state index >= 15 is 0 Å². The number of pyridine rings is 1. The average molecular weight is 456 g/mol. The summed E-state index contributed by atoms with van der Waals surface area (Å²) in [5, 5.41) is 2.73. The van der Waals surface area contributed by atoms with E-state index in [1.54, 1.807) is 24.0 Å². The molecule has 2 heterocycles. The first-order valence-electron chi connectivity index (χ1n) is 9.48. The summed E-state index contributed by atoms with van der Waals surface area (Å²) in [5.41, 5.74) is 5.19. The number of hydrogen-bond acceptors (Lipinski definition) is 5. The third kappa shape index (κ3) is 5.45. The molecule has 3 rings (SSSR count). The molecule has 31 heavy (non-hydrogen) atoms. The van der Waals surface area contributed by atoms with Crippen LogP contribution < -0.4 is 16.0 Å². The maximum Gasteiger partial charge on any atom is 0.417 e. The average Bonchev–Trinajstić information content (AvgIpc) is 2.73. The highest BCUT2D eigenvalue weighted by molar-refractivity contribution is 6.33. The fourth-order valence-electron chi connectivity index (χ4n) is 3.27. The minimum absolute atomic E-state index is 0.0616. The summed E-state index contributed by atoms with van der Waals surface area (Å²) in [7, 11) is 0. The largest absolute Gasteiger partial charge is 0.417 e. The lowest BCUT2D eigenvalue weighted by molar-refractivity contribution is -0.137. The lowest BCUT2D eigenvalue weighted by Crippen LogP contribution is -2.53. The molecule has 0 aliphatic carbocycles. The molecule has 3 N–H and O–H groups in total. The van der Waals surface area contributed by atoms with E-state index in [0.29, 0.717) is 43.2 Å². The van der Waals surface area contributed by atoms with Gasteiger partial charge < -0.3 is 16.0 Å². The van der Waals surface area contributed by atoms with Crippen LogP contribution in [-0.4, -0.2) is 53.9 Å². The lowest BCUT2D eigenvalue weighted by Gasteiger charge is -2.38. The molecule has 1 atom stereocenters. The first-order valence-corrected chi connectivity index (χ1v) is 9.86. The van der Waals surface area contributed by atoms with Gasteiger partial charge in [-0.1, -0.05) is 11.6 Å². The van der Waals surface area contributed by atoms with Crippen LogP contribution >= 0.6 is 11.6 Å². The summed E-state index contributed by atoms with van der Waals surface area (Å²) < 4.78 is 38.4. The van der Waals surface area contributed by atoms with Gasteiger partial charge in [-0.05, 0) is 37.3 Å². The molecule has 1 fully saturated rings. The molecule has 1 aliphatic rings. The number of nitrogens with one attached hydrogen (secondary N) is 1. The summed E-state index contributed by atoms with van der Waals surface area (Å²) in [4.78, 5) is 31.3. The number of benzene rings is 1. The molecule has 1 aliphatic heterocycles. The zero-order valence-corrected chi connectivity index (χ0v) is 17.4. The van der Waals surface area contributed by atoms with Crippen molar-refractivity contribution in [1.82, 2.24) is 9.88 Å². The second kappa shape index (κ2) is 9.11. The topological polar surface area (TPSA) is 91.6 Å². The number of alkyl halides is 3. The second-order valence-corrected chi connectivity index (χ2v) is 7.56. The minimum atomic E-state index is -4.50. The van der Waals surface area contributed by atoms with E-state index in [9.17, 15) is 22.8 Å². The van der Waals surface area contributed by atoms with Crippen molar-refractivity contribution in [2.45, 2.75) is 19.1 Å². The van der Waals surface area contributed by atoms with Gasteiger partial charge in [0.2, 0.25) is 11.8 Å². The van der Waals surface area contributed by atoms with E-state index in [2.05, 4.69) is 10.3 Å². The molecular weight excluding hydrogens is 435 g/mol. The molecule has 0 spiro atoms. The number of hydrogen-bond donors (Lipinski definition) is 2. The number of nitrogens with two attached hydrogens (primary N) is 1. The van der Waals surface area contributed by atoms with Crippen molar-refractivity contribution >= 4 is 34.9 Å². The van der Waals surface area contributed by atoms with Crippen LogP contribution in [0.4, 0.5) is 24.7 Å². The standard InChI is InChI=1S/C20H21ClF3N5O2/c1-12(19(31)27-15-4-2-13(3-5-15)17(25)30)28-6-8-29(9-7-28)18-16(21)10-14(11-26-18)20(22,23)24/h2-5,10-12H,6-9H2,1H3,(H2,25,30)(H,27,31)/t12-/m1/s1. The number of carbonyl (C=O) groups is 2. The monoisotopic (exact) mass is 455 g/mol. The molecule has 7 nitrogen and oxygen atoms in total. The molecule has 0 saturated carbocycles. The van der Waals surface area contributed by atoms with Crippen LogP contribution in [0.15, 0.2) is 36.5 Å². The highest BCUT2D eigenvalue weighted by Crippen LogP contribution is 2.33. The van der Waals surface area contributed by atoms with Crippen LogP contribution in [-0.2, 0) is 11.0 Å². The van der Waals surface area contributed by atoms with E-state index < -0.39 is 23.7 Å². The van der Waals surface area contributed by atoms with Crippen LogP contribution in [0.5, 0.6) is 0 Å². The predicted molar refractivity (Wildman–Crippen MR) is 111 cm³/mol. The fraction of sp³-hybridized carbons (Fsp3) is 0.350. The first kappa shape index (κ1) is 22.8. The zero-order chi connectivity index (χ0) is 22.8. The van der Waals surface area contributed by atoms with Gasteiger partial charge in [0.15, 0.2) is 0 Å². The number of piperazine rings is 1. The minimum Gasteiger partial charge on any atom is -0.366 e. The quantitative estimate of drug-likeness (QED) is 0.723. The predicted octanol–water partition coefficient (Wildman–Crippen LogP) is 3.00. The van der Waals surface area contributed by atoms with Gasteiger partial charge in [0.1, 0.15) is 5.82 Å². The number of amides is 2. The van der Waals surface area contributed by atoms with E-state index in [-0.39, 0.29) is 10.9 Å². The lowest BCUT2D eigenvalue weighted by atomic mass is 10.1. The Labute approximate surface area is 182 Å². The molecule has 1 saturated heterocycles. The maximum atomic E-state index is 12.8.